The number of benzene rings is 1. The van der Waals surface area contributed by atoms with E-state index in [4.69, 9.17) is 4.74 Å². The van der Waals surface area contributed by atoms with Crippen LogP contribution in [0.25, 0.3) is 0 Å². The van der Waals surface area contributed by atoms with Gasteiger partial charge < -0.3 is 10.1 Å². The van der Waals surface area contributed by atoms with Gasteiger partial charge in [0.05, 0.1) is 12.1 Å². The number of hydrogen-bond acceptors (Lipinski definition) is 3. The van der Waals surface area contributed by atoms with Crippen LogP contribution in [0.3, 0.4) is 0 Å². The molecule has 1 amide bonds. The summed E-state index contributed by atoms with van der Waals surface area (Å²) in [6.45, 7) is 2.82. The number of amides is 1. The Bertz CT molecular complexity index is 399. The Morgan fingerprint density at radius 3 is 2.72 bits per heavy atom. The lowest BCUT2D eigenvalue weighted by molar-refractivity contribution is 0.0712. The van der Waals surface area contributed by atoms with Gasteiger partial charge in [-0.2, -0.15) is 0 Å². The third-order valence-electron chi connectivity index (χ3n) is 3.23. The number of carbonyl (C=O) groups excluding carboxylic acids is 1. The summed E-state index contributed by atoms with van der Waals surface area (Å²) >= 11 is 1.67. The Hall–Kier alpha value is -1.00. The molecule has 0 aliphatic carbocycles. The van der Waals surface area contributed by atoms with Gasteiger partial charge in [-0.25, -0.2) is 0 Å². The lowest BCUT2D eigenvalue weighted by atomic mass is 10.1. The molecule has 0 spiro atoms. The lowest BCUT2D eigenvalue weighted by Crippen LogP contribution is -2.40. The van der Waals surface area contributed by atoms with Crippen LogP contribution >= 0.6 is 11.8 Å². The van der Waals surface area contributed by atoms with Crippen molar-refractivity contribution in [3.8, 4) is 0 Å². The summed E-state index contributed by atoms with van der Waals surface area (Å²) in [7, 11) is 0. The molecule has 0 aromatic heterocycles. The summed E-state index contributed by atoms with van der Waals surface area (Å²) in [6.07, 6.45) is 4.31. The molecule has 0 unspecified atom stereocenters. The van der Waals surface area contributed by atoms with E-state index in [1.165, 1.54) is 4.90 Å². The first-order valence-corrected chi connectivity index (χ1v) is 7.49. The van der Waals surface area contributed by atoms with Gasteiger partial charge in [0.15, 0.2) is 0 Å². The van der Waals surface area contributed by atoms with Crippen molar-refractivity contribution in [1.29, 1.82) is 0 Å². The highest BCUT2D eigenvalue weighted by Gasteiger charge is 2.23. The van der Waals surface area contributed by atoms with Gasteiger partial charge in [-0.15, -0.1) is 11.8 Å². The van der Waals surface area contributed by atoms with Crippen LogP contribution in [-0.2, 0) is 4.74 Å². The van der Waals surface area contributed by atoms with Crippen molar-refractivity contribution in [3.05, 3.63) is 29.8 Å². The van der Waals surface area contributed by atoms with Gasteiger partial charge in [-0.3, -0.25) is 4.79 Å². The number of rotatable bonds is 4. The molecule has 1 aromatic rings. The number of carbonyl (C=O) groups is 1. The summed E-state index contributed by atoms with van der Waals surface area (Å²) in [4.78, 5) is 13.2. The largest absolute Gasteiger partial charge is 0.376 e. The average molecular weight is 265 g/mol. The molecule has 1 aliphatic rings. The third-order valence-corrected chi connectivity index (χ3v) is 3.98. The van der Waals surface area contributed by atoms with E-state index in [1.807, 2.05) is 37.4 Å². The van der Waals surface area contributed by atoms with E-state index in [9.17, 15) is 4.79 Å². The van der Waals surface area contributed by atoms with Crippen molar-refractivity contribution < 1.29 is 9.53 Å². The smallest absolute Gasteiger partial charge is 0.251 e. The molecule has 1 aliphatic heterocycles. The van der Waals surface area contributed by atoms with Crippen LogP contribution in [0.15, 0.2) is 29.2 Å². The molecule has 1 fully saturated rings. The topological polar surface area (TPSA) is 38.3 Å². The van der Waals surface area contributed by atoms with Crippen LogP contribution in [-0.4, -0.2) is 30.9 Å². The van der Waals surface area contributed by atoms with Gasteiger partial charge in [-0.05, 0) is 50.3 Å². The zero-order valence-corrected chi connectivity index (χ0v) is 11.6. The number of nitrogens with one attached hydrogen (secondary N) is 1. The van der Waals surface area contributed by atoms with Gasteiger partial charge in [0.25, 0.3) is 5.91 Å². The molecular formula is C14H19NO2S. The van der Waals surface area contributed by atoms with E-state index < -0.39 is 0 Å². The molecular weight excluding hydrogens is 246 g/mol. The van der Waals surface area contributed by atoms with E-state index in [1.54, 1.807) is 11.8 Å². The second-order valence-electron chi connectivity index (χ2n) is 4.54. The van der Waals surface area contributed by atoms with Crippen LogP contribution < -0.4 is 5.32 Å². The Kier molecular flexibility index (Phi) is 4.66. The summed E-state index contributed by atoms with van der Waals surface area (Å²) in [5, 5.41) is 3.00. The molecule has 3 nitrogen and oxygen atoms in total. The lowest BCUT2D eigenvalue weighted by Gasteiger charge is -2.20. The summed E-state index contributed by atoms with van der Waals surface area (Å²) in [5.74, 6) is -0.0225. The van der Waals surface area contributed by atoms with Crippen LogP contribution in [0.5, 0.6) is 0 Å². The monoisotopic (exact) mass is 265 g/mol. The van der Waals surface area contributed by atoms with Gasteiger partial charge >= 0.3 is 0 Å². The van der Waals surface area contributed by atoms with Crippen molar-refractivity contribution in [2.45, 2.75) is 36.8 Å². The second kappa shape index (κ2) is 6.25. The Morgan fingerprint density at radius 2 is 2.17 bits per heavy atom. The molecule has 1 N–H and O–H groups in total. The first kappa shape index (κ1) is 13.4. The van der Waals surface area contributed by atoms with E-state index in [0.29, 0.717) is 5.56 Å². The summed E-state index contributed by atoms with van der Waals surface area (Å²) in [5.41, 5.74) is 0.706. The van der Waals surface area contributed by atoms with Crippen LogP contribution in [0.1, 0.15) is 30.1 Å². The first-order valence-electron chi connectivity index (χ1n) is 6.27. The quantitative estimate of drug-likeness (QED) is 0.851. The highest BCUT2D eigenvalue weighted by atomic mass is 32.2. The molecule has 1 heterocycles. The molecule has 2 atom stereocenters. The fourth-order valence-electron chi connectivity index (χ4n) is 2.12. The standard InChI is InChI=1S/C14H19NO2S/c1-10(13-4-3-9-17-13)15-14(16)11-5-7-12(18-2)8-6-11/h5-8,10,13H,3-4,9H2,1-2H3,(H,15,16)/t10-,13-/m0/s1. The van der Waals surface area contributed by atoms with E-state index in [-0.39, 0.29) is 18.1 Å². The van der Waals surface area contributed by atoms with Crippen molar-refractivity contribution in [2.75, 3.05) is 12.9 Å². The molecule has 18 heavy (non-hydrogen) atoms. The van der Waals surface area contributed by atoms with E-state index in [2.05, 4.69) is 5.32 Å². The van der Waals surface area contributed by atoms with Gasteiger partial charge in [0.1, 0.15) is 0 Å². The fraction of sp³-hybridized carbons (Fsp3) is 0.500. The molecule has 0 bridgehead atoms. The number of thioether (sulfide) groups is 1. The van der Waals surface area contributed by atoms with Gasteiger partial charge in [0.2, 0.25) is 0 Å². The first-order chi connectivity index (χ1) is 8.70. The predicted molar refractivity (Wildman–Crippen MR) is 74.1 cm³/mol. The normalized spacial score (nSPS) is 20.7. The zero-order valence-electron chi connectivity index (χ0n) is 10.8. The van der Waals surface area contributed by atoms with Crippen LogP contribution in [0, 0.1) is 0 Å². The maximum atomic E-state index is 12.0. The number of hydrogen-bond donors (Lipinski definition) is 1. The molecule has 1 aromatic carbocycles. The Balaban J connectivity index is 1.93. The Labute approximate surface area is 112 Å². The molecule has 1 saturated heterocycles. The predicted octanol–water partition coefficient (Wildman–Crippen LogP) is 2.71. The number of ether oxygens (including phenoxy) is 1. The van der Waals surface area contributed by atoms with Crippen LogP contribution in [0.2, 0.25) is 0 Å². The Morgan fingerprint density at radius 1 is 1.44 bits per heavy atom. The third kappa shape index (κ3) is 3.27. The van der Waals surface area contributed by atoms with Crippen molar-refractivity contribution in [2.24, 2.45) is 0 Å². The minimum Gasteiger partial charge on any atom is -0.376 e. The van der Waals surface area contributed by atoms with E-state index >= 15 is 0 Å². The molecule has 0 radical (unpaired) electrons. The van der Waals surface area contributed by atoms with Gasteiger partial charge in [0, 0.05) is 17.1 Å². The molecule has 2 rings (SSSR count). The minimum atomic E-state index is -0.0225. The average Bonchev–Trinajstić information content (AvgIpc) is 2.92. The molecule has 98 valence electrons. The molecule has 4 heteroatoms. The summed E-state index contributed by atoms with van der Waals surface area (Å²) in [6, 6.07) is 7.74. The highest BCUT2D eigenvalue weighted by molar-refractivity contribution is 7.98. The minimum absolute atomic E-state index is 0.0225. The van der Waals surface area contributed by atoms with Gasteiger partial charge in [-0.1, -0.05) is 0 Å². The maximum absolute atomic E-state index is 12.0. The fourth-order valence-corrected chi connectivity index (χ4v) is 2.53. The van der Waals surface area contributed by atoms with Crippen LogP contribution in [0.4, 0.5) is 0 Å². The van der Waals surface area contributed by atoms with Crippen molar-refractivity contribution in [3.63, 3.8) is 0 Å². The summed E-state index contributed by atoms with van der Waals surface area (Å²) < 4.78 is 5.57. The van der Waals surface area contributed by atoms with Crippen molar-refractivity contribution in [1.82, 2.24) is 5.32 Å². The highest BCUT2D eigenvalue weighted by Crippen LogP contribution is 2.17. The second-order valence-corrected chi connectivity index (χ2v) is 5.42. The molecule has 0 saturated carbocycles. The SMILES string of the molecule is CSc1ccc(C(=O)N[C@@H](C)[C@@H]2CCCO2)cc1. The van der Waals surface area contributed by atoms with Crippen molar-refractivity contribution >= 4 is 17.7 Å². The van der Waals surface area contributed by atoms with E-state index in [0.717, 1.165) is 19.4 Å². The zero-order chi connectivity index (χ0) is 13.0. The maximum Gasteiger partial charge on any atom is 0.251 e.